The molecule has 0 saturated heterocycles. The van der Waals surface area contributed by atoms with Gasteiger partial charge in [-0.25, -0.2) is 4.39 Å². The fourth-order valence-electron chi connectivity index (χ4n) is 2.56. The normalized spacial score (nSPS) is 13.4. The summed E-state index contributed by atoms with van der Waals surface area (Å²) in [4.78, 5) is 13.9. The molecule has 4 heteroatoms. The summed E-state index contributed by atoms with van der Waals surface area (Å²) in [6.07, 6.45) is 0.905. The Labute approximate surface area is 136 Å². The van der Waals surface area contributed by atoms with Crippen LogP contribution in [0.1, 0.15) is 43.0 Å². The van der Waals surface area contributed by atoms with Crippen LogP contribution >= 0.6 is 0 Å². The zero-order valence-corrected chi connectivity index (χ0v) is 13.6. The average molecular weight is 314 g/mol. The molecule has 0 bridgehead atoms. The van der Waals surface area contributed by atoms with Crippen molar-refractivity contribution < 1.29 is 9.18 Å². The molecule has 2 aromatic carbocycles. The van der Waals surface area contributed by atoms with Gasteiger partial charge in [-0.2, -0.15) is 0 Å². The molecule has 3 nitrogen and oxygen atoms in total. The number of carbonyl (C=O) groups excluding carboxylic acids is 1. The van der Waals surface area contributed by atoms with Gasteiger partial charge in [0.05, 0.1) is 6.04 Å². The maximum absolute atomic E-state index is 13.8. The summed E-state index contributed by atoms with van der Waals surface area (Å²) in [5.41, 5.74) is 7.67. The van der Waals surface area contributed by atoms with Crippen molar-refractivity contribution in [3.63, 3.8) is 0 Å². The monoisotopic (exact) mass is 314 g/mol. The maximum atomic E-state index is 13.8. The highest BCUT2D eigenvalue weighted by molar-refractivity contribution is 5.76. The van der Waals surface area contributed by atoms with Crippen LogP contribution in [-0.4, -0.2) is 17.9 Å². The lowest BCUT2D eigenvalue weighted by atomic mass is 10.0. The van der Waals surface area contributed by atoms with E-state index in [2.05, 4.69) is 0 Å². The van der Waals surface area contributed by atoms with Crippen LogP contribution < -0.4 is 5.73 Å². The lowest BCUT2D eigenvalue weighted by Crippen LogP contribution is -2.30. The smallest absolute Gasteiger partial charge is 0.222 e. The second kappa shape index (κ2) is 7.88. The first kappa shape index (κ1) is 17.2. The minimum absolute atomic E-state index is 0.0351. The Balaban J connectivity index is 1.94. The third-order valence-corrected chi connectivity index (χ3v) is 4.23. The highest BCUT2D eigenvalue weighted by Crippen LogP contribution is 2.23. The van der Waals surface area contributed by atoms with E-state index in [1.54, 1.807) is 30.1 Å². The summed E-state index contributed by atoms with van der Waals surface area (Å²) < 4.78 is 13.8. The van der Waals surface area contributed by atoms with Gasteiger partial charge in [0.25, 0.3) is 0 Å². The first-order valence-electron chi connectivity index (χ1n) is 7.81. The van der Waals surface area contributed by atoms with Gasteiger partial charge in [-0.15, -0.1) is 0 Å². The second-order valence-corrected chi connectivity index (χ2v) is 5.76. The minimum Gasteiger partial charge on any atom is -0.339 e. The summed E-state index contributed by atoms with van der Waals surface area (Å²) in [6.45, 7) is 1.83. The minimum atomic E-state index is -0.309. The van der Waals surface area contributed by atoms with Gasteiger partial charge in [-0.1, -0.05) is 48.5 Å². The third-order valence-electron chi connectivity index (χ3n) is 4.23. The van der Waals surface area contributed by atoms with E-state index in [0.29, 0.717) is 18.4 Å². The fourth-order valence-corrected chi connectivity index (χ4v) is 2.56. The Morgan fingerprint density at radius 1 is 1.13 bits per heavy atom. The number of hydrogen-bond acceptors (Lipinski definition) is 2. The third kappa shape index (κ3) is 4.39. The number of carbonyl (C=O) groups is 1. The SMILES string of the molecule is CC(c1ccccc1F)N(C)C(=O)CCC(N)c1ccccc1. The maximum Gasteiger partial charge on any atom is 0.222 e. The predicted molar refractivity (Wildman–Crippen MR) is 90.2 cm³/mol. The van der Waals surface area contributed by atoms with E-state index >= 15 is 0 Å². The standard InChI is InChI=1S/C19H23FN2O/c1-14(16-10-6-7-11-17(16)20)22(2)19(23)13-12-18(21)15-8-4-3-5-9-15/h3-11,14,18H,12-13,21H2,1-2H3. The van der Waals surface area contributed by atoms with E-state index in [1.165, 1.54) is 6.07 Å². The van der Waals surface area contributed by atoms with Crippen LogP contribution in [0.15, 0.2) is 54.6 Å². The Bertz CT molecular complexity index is 645. The predicted octanol–water partition coefficient (Wildman–Crippen LogP) is 3.83. The molecule has 1 amide bonds. The number of nitrogens with two attached hydrogens (primary N) is 1. The molecule has 0 aliphatic rings. The van der Waals surface area contributed by atoms with E-state index in [9.17, 15) is 9.18 Å². The number of halogens is 1. The van der Waals surface area contributed by atoms with Crippen LogP contribution in [0, 0.1) is 5.82 Å². The molecular formula is C19H23FN2O. The van der Waals surface area contributed by atoms with Crippen molar-refractivity contribution in [2.75, 3.05) is 7.05 Å². The Morgan fingerprint density at radius 3 is 2.39 bits per heavy atom. The van der Waals surface area contributed by atoms with E-state index in [4.69, 9.17) is 5.73 Å². The largest absolute Gasteiger partial charge is 0.339 e. The summed E-state index contributed by atoms with van der Waals surface area (Å²) >= 11 is 0. The number of rotatable bonds is 6. The van der Waals surface area contributed by atoms with Crippen LogP contribution in [0.2, 0.25) is 0 Å². The van der Waals surface area contributed by atoms with E-state index in [0.717, 1.165) is 5.56 Å². The van der Waals surface area contributed by atoms with E-state index < -0.39 is 0 Å². The molecule has 0 aliphatic heterocycles. The number of nitrogens with zero attached hydrogens (tertiary/aromatic N) is 1. The van der Waals surface area contributed by atoms with Crippen LogP contribution in [0.5, 0.6) is 0 Å². The van der Waals surface area contributed by atoms with Gasteiger partial charge < -0.3 is 10.6 Å². The molecule has 23 heavy (non-hydrogen) atoms. The summed E-state index contributed by atoms with van der Waals surface area (Å²) in [5, 5.41) is 0. The van der Waals surface area contributed by atoms with Crippen molar-refractivity contribution in [3.8, 4) is 0 Å². The molecule has 0 aliphatic carbocycles. The van der Waals surface area contributed by atoms with Crippen LogP contribution in [0.3, 0.4) is 0 Å². The Morgan fingerprint density at radius 2 is 1.74 bits per heavy atom. The van der Waals surface area contributed by atoms with Gasteiger partial charge in [0.1, 0.15) is 5.82 Å². The van der Waals surface area contributed by atoms with Crippen LogP contribution in [-0.2, 0) is 4.79 Å². The van der Waals surface area contributed by atoms with Crippen molar-refractivity contribution in [3.05, 3.63) is 71.5 Å². The Hall–Kier alpha value is -2.20. The number of hydrogen-bond donors (Lipinski definition) is 1. The highest BCUT2D eigenvalue weighted by atomic mass is 19.1. The Kier molecular flexibility index (Phi) is 5.88. The fraction of sp³-hybridized carbons (Fsp3) is 0.316. The van der Waals surface area contributed by atoms with Gasteiger partial charge in [0.2, 0.25) is 5.91 Å². The lowest BCUT2D eigenvalue weighted by molar-refractivity contribution is -0.132. The first-order chi connectivity index (χ1) is 11.0. The molecule has 2 atom stereocenters. The van der Waals surface area contributed by atoms with Gasteiger partial charge in [-0.05, 0) is 25.0 Å². The van der Waals surface area contributed by atoms with Gasteiger partial charge >= 0.3 is 0 Å². The topological polar surface area (TPSA) is 46.3 Å². The first-order valence-corrected chi connectivity index (χ1v) is 7.81. The molecule has 2 aromatic rings. The summed E-state index contributed by atoms with van der Waals surface area (Å²) in [6, 6.07) is 15.8. The van der Waals surface area contributed by atoms with Gasteiger partial charge in [0.15, 0.2) is 0 Å². The van der Waals surface area contributed by atoms with Crippen molar-refractivity contribution in [1.82, 2.24) is 4.90 Å². The highest BCUT2D eigenvalue weighted by Gasteiger charge is 2.20. The quantitative estimate of drug-likeness (QED) is 0.881. The molecule has 2 rings (SSSR count). The van der Waals surface area contributed by atoms with Crippen LogP contribution in [0.25, 0.3) is 0 Å². The molecule has 0 saturated carbocycles. The molecule has 0 heterocycles. The lowest BCUT2D eigenvalue weighted by Gasteiger charge is -2.26. The van der Waals surface area contributed by atoms with Gasteiger partial charge in [0, 0.05) is 25.1 Å². The molecule has 0 radical (unpaired) electrons. The zero-order chi connectivity index (χ0) is 16.8. The molecule has 0 spiro atoms. The molecule has 2 N–H and O–H groups in total. The molecular weight excluding hydrogens is 291 g/mol. The van der Waals surface area contributed by atoms with Crippen molar-refractivity contribution >= 4 is 5.91 Å². The van der Waals surface area contributed by atoms with Crippen molar-refractivity contribution in [1.29, 1.82) is 0 Å². The molecule has 122 valence electrons. The molecule has 0 fully saturated rings. The van der Waals surface area contributed by atoms with Crippen molar-refractivity contribution in [2.24, 2.45) is 5.73 Å². The zero-order valence-electron chi connectivity index (χ0n) is 13.6. The van der Waals surface area contributed by atoms with E-state index in [-0.39, 0.29) is 23.8 Å². The van der Waals surface area contributed by atoms with E-state index in [1.807, 2.05) is 37.3 Å². The van der Waals surface area contributed by atoms with Crippen LogP contribution in [0.4, 0.5) is 4.39 Å². The molecule has 0 aromatic heterocycles. The van der Waals surface area contributed by atoms with Crippen molar-refractivity contribution in [2.45, 2.75) is 31.8 Å². The molecule has 2 unspecified atom stereocenters. The number of benzene rings is 2. The second-order valence-electron chi connectivity index (χ2n) is 5.76. The summed E-state index contributed by atoms with van der Waals surface area (Å²) in [5.74, 6) is -0.326. The average Bonchev–Trinajstić information content (AvgIpc) is 2.59. The van der Waals surface area contributed by atoms with Gasteiger partial charge in [-0.3, -0.25) is 4.79 Å². The number of amides is 1. The summed E-state index contributed by atoms with van der Waals surface area (Å²) in [7, 11) is 1.70.